The van der Waals surface area contributed by atoms with E-state index in [4.69, 9.17) is 9.47 Å². The Morgan fingerprint density at radius 3 is 2.96 bits per heavy atom. The quantitative estimate of drug-likeness (QED) is 0.697. The molecule has 8 heteroatoms. The fourth-order valence-electron chi connectivity index (χ4n) is 2.32. The molecule has 3 rings (SSSR count). The Kier molecular flexibility index (Phi) is 6.85. The lowest BCUT2D eigenvalue weighted by Gasteiger charge is -2.13. The van der Waals surface area contributed by atoms with Gasteiger partial charge in [0.2, 0.25) is 0 Å². The van der Waals surface area contributed by atoms with Gasteiger partial charge in [-0.2, -0.15) is 0 Å². The number of hydrogen-bond donors (Lipinski definition) is 2. The third-order valence-corrected chi connectivity index (χ3v) is 5.14. The minimum atomic E-state index is -0.299. The van der Waals surface area contributed by atoms with Crippen molar-refractivity contribution in [3.05, 3.63) is 34.6 Å². The fourth-order valence-corrected chi connectivity index (χ4v) is 3.13. The van der Waals surface area contributed by atoms with E-state index in [0.29, 0.717) is 23.3 Å². The first-order chi connectivity index (χ1) is 13.5. The Balaban J connectivity index is 1.51. The van der Waals surface area contributed by atoms with Crippen molar-refractivity contribution in [2.75, 3.05) is 25.6 Å². The minimum absolute atomic E-state index is 0.0118. The number of rotatable bonds is 7. The van der Waals surface area contributed by atoms with Gasteiger partial charge in [-0.25, -0.2) is 9.78 Å². The van der Waals surface area contributed by atoms with Gasteiger partial charge in [0, 0.05) is 24.9 Å². The van der Waals surface area contributed by atoms with E-state index in [9.17, 15) is 4.79 Å². The summed E-state index contributed by atoms with van der Waals surface area (Å²) >= 11 is 1.33. The van der Waals surface area contributed by atoms with Gasteiger partial charge in [0.25, 0.3) is 0 Å². The van der Waals surface area contributed by atoms with Gasteiger partial charge in [0.05, 0.1) is 25.1 Å². The van der Waals surface area contributed by atoms with Gasteiger partial charge in [-0.15, -0.1) is 0 Å². The summed E-state index contributed by atoms with van der Waals surface area (Å²) in [4.78, 5) is 21.3. The van der Waals surface area contributed by atoms with Gasteiger partial charge >= 0.3 is 6.03 Å². The monoisotopic (exact) mass is 400 g/mol. The smallest absolute Gasteiger partial charge is 0.321 e. The van der Waals surface area contributed by atoms with Crippen LogP contribution in [0.2, 0.25) is 0 Å². The molecule has 0 radical (unpaired) electrons. The molecule has 0 bridgehead atoms. The number of thiazole rings is 1. The maximum absolute atomic E-state index is 12.1. The number of nitrogens with zero attached hydrogens (tertiary/aromatic N) is 2. The molecule has 0 aliphatic heterocycles. The molecule has 0 saturated heterocycles. The maximum atomic E-state index is 12.1. The topological polar surface area (TPSA) is 85.4 Å². The van der Waals surface area contributed by atoms with Gasteiger partial charge in [-0.1, -0.05) is 17.3 Å². The highest BCUT2D eigenvalue weighted by Crippen LogP contribution is 2.29. The van der Waals surface area contributed by atoms with Gasteiger partial charge in [-0.05, 0) is 44.6 Å². The maximum Gasteiger partial charge on any atom is 0.321 e. The number of anilines is 1. The number of methoxy groups -OCH3 is 1. The zero-order valence-electron chi connectivity index (χ0n) is 16.2. The van der Waals surface area contributed by atoms with Crippen molar-refractivity contribution in [1.82, 2.24) is 15.3 Å². The molecule has 2 amide bonds. The largest absolute Gasteiger partial charge is 0.495 e. The van der Waals surface area contributed by atoms with Crippen LogP contribution in [0.4, 0.5) is 9.93 Å². The highest BCUT2D eigenvalue weighted by atomic mass is 32.1. The molecule has 1 aliphatic carbocycles. The number of aryl methyl sites for hydroxylation is 1. The SMILES string of the molecule is COc1cncc(C#Cc2sc(NC(=O)NCC(C)OCC3CC3)nc2C)c1. The second-order valence-corrected chi connectivity index (χ2v) is 7.72. The molecule has 1 saturated carbocycles. The number of aromatic nitrogens is 2. The molecule has 1 fully saturated rings. The standard InChI is InChI=1S/C20H24N4O3S/c1-13(27-12-15-4-5-15)9-22-19(25)24-20-23-14(2)18(28-20)7-6-16-8-17(26-3)11-21-10-16/h8,10-11,13,15H,4-5,9,12H2,1-3H3,(H2,22,23,24,25). The van der Waals surface area contributed by atoms with E-state index >= 15 is 0 Å². The lowest BCUT2D eigenvalue weighted by atomic mass is 10.2. The predicted molar refractivity (Wildman–Crippen MR) is 109 cm³/mol. The second-order valence-electron chi connectivity index (χ2n) is 6.72. The van der Waals surface area contributed by atoms with Gasteiger partial charge < -0.3 is 14.8 Å². The summed E-state index contributed by atoms with van der Waals surface area (Å²) < 4.78 is 10.8. The average Bonchev–Trinajstić information content (AvgIpc) is 3.46. The van der Waals surface area contributed by atoms with E-state index in [1.807, 2.05) is 19.9 Å². The Hall–Kier alpha value is -2.63. The molecule has 7 nitrogen and oxygen atoms in total. The van der Waals surface area contributed by atoms with E-state index in [1.54, 1.807) is 19.5 Å². The molecule has 2 aromatic heterocycles. The molecule has 0 spiro atoms. The van der Waals surface area contributed by atoms with Gasteiger partial charge in [-0.3, -0.25) is 10.3 Å². The summed E-state index contributed by atoms with van der Waals surface area (Å²) in [6.07, 6.45) is 5.79. The van der Waals surface area contributed by atoms with E-state index in [1.165, 1.54) is 24.2 Å². The van der Waals surface area contributed by atoms with Crippen molar-refractivity contribution in [1.29, 1.82) is 0 Å². The van der Waals surface area contributed by atoms with Crippen LogP contribution in [0.25, 0.3) is 0 Å². The molecular formula is C20H24N4O3S. The second kappa shape index (κ2) is 9.53. The van der Waals surface area contributed by atoms with Gasteiger partial charge in [0.1, 0.15) is 10.6 Å². The third kappa shape index (κ3) is 6.22. The van der Waals surface area contributed by atoms with Crippen LogP contribution < -0.4 is 15.4 Å². The normalized spacial score (nSPS) is 14.0. The van der Waals surface area contributed by atoms with Crippen molar-refractivity contribution in [3.63, 3.8) is 0 Å². The van der Waals surface area contributed by atoms with E-state index in [-0.39, 0.29) is 12.1 Å². The summed E-state index contributed by atoms with van der Waals surface area (Å²) in [6.45, 7) is 5.05. The number of urea groups is 1. The molecule has 148 valence electrons. The van der Waals surface area contributed by atoms with Crippen molar-refractivity contribution < 1.29 is 14.3 Å². The van der Waals surface area contributed by atoms with Crippen LogP contribution in [0.3, 0.4) is 0 Å². The number of amides is 2. The van der Waals surface area contributed by atoms with Crippen molar-refractivity contribution in [3.8, 4) is 17.6 Å². The van der Waals surface area contributed by atoms with Crippen LogP contribution in [0.15, 0.2) is 18.5 Å². The van der Waals surface area contributed by atoms with E-state index < -0.39 is 0 Å². The number of carbonyl (C=O) groups excluding carboxylic acids is 1. The van der Waals surface area contributed by atoms with Crippen LogP contribution in [0.5, 0.6) is 5.75 Å². The Labute approximate surface area is 168 Å². The first-order valence-electron chi connectivity index (χ1n) is 9.18. The fraction of sp³-hybridized carbons (Fsp3) is 0.450. The summed E-state index contributed by atoms with van der Waals surface area (Å²) in [5, 5.41) is 6.07. The van der Waals surface area contributed by atoms with Crippen molar-refractivity contribution in [2.24, 2.45) is 5.92 Å². The minimum Gasteiger partial charge on any atom is -0.495 e. The highest BCUT2D eigenvalue weighted by Gasteiger charge is 2.22. The number of pyridine rings is 1. The molecule has 1 unspecified atom stereocenters. The first kappa shape index (κ1) is 20.1. The molecule has 2 aromatic rings. The lowest BCUT2D eigenvalue weighted by Crippen LogP contribution is -2.35. The molecule has 1 aliphatic rings. The van der Waals surface area contributed by atoms with E-state index in [0.717, 1.165) is 22.7 Å². The summed E-state index contributed by atoms with van der Waals surface area (Å²) in [7, 11) is 1.59. The molecule has 28 heavy (non-hydrogen) atoms. The van der Waals surface area contributed by atoms with Crippen molar-refractivity contribution >= 4 is 22.5 Å². The van der Waals surface area contributed by atoms with Crippen molar-refractivity contribution in [2.45, 2.75) is 32.8 Å². The Morgan fingerprint density at radius 2 is 2.21 bits per heavy atom. The number of hydrogen-bond acceptors (Lipinski definition) is 6. The highest BCUT2D eigenvalue weighted by molar-refractivity contribution is 7.16. The van der Waals surface area contributed by atoms with Crippen LogP contribution in [0.1, 0.15) is 35.9 Å². The Bertz CT molecular complexity index is 883. The molecule has 2 heterocycles. The van der Waals surface area contributed by atoms with Gasteiger partial charge in [0.15, 0.2) is 5.13 Å². The zero-order valence-corrected chi connectivity index (χ0v) is 17.1. The lowest BCUT2D eigenvalue weighted by molar-refractivity contribution is 0.0601. The van der Waals surface area contributed by atoms with Crippen LogP contribution in [0, 0.1) is 24.7 Å². The van der Waals surface area contributed by atoms with Crippen LogP contribution >= 0.6 is 11.3 Å². The number of carbonyl (C=O) groups is 1. The average molecular weight is 401 g/mol. The van der Waals surface area contributed by atoms with Crippen LogP contribution in [-0.2, 0) is 4.74 Å². The predicted octanol–water partition coefficient (Wildman–Crippen LogP) is 3.19. The summed E-state index contributed by atoms with van der Waals surface area (Å²) in [6, 6.07) is 1.52. The van der Waals surface area contributed by atoms with E-state index in [2.05, 4.69) is 32.4 Å². The first-order valence-corrected chi connectivity index (χ1v) is 10.00. The third-order valence-electron chi connectivity index (χ3n) is 4.15. The molecular weight excluding hydrogens is 376 g/mol. The summed E-state index contributed by atoms with van der Waals surface area (Å²) in [5.74, 6) is 7.49. The molecule has 0 aromatic carbocycles. The number of ether oxygens (including phenoxy) is 2. The number of nitrogens with one attached hydrogen (secondary N) is 2. The Morgan fingerprint density at radius 1 is 1.39 bits per heavy atom. The summed E-state index contributed by atoms with van der Waals surface area (Å²) in [5.41, 5.74) is 1.52. The van der Waals surface area contributed by atoms with Crippen LogP contribution in [-0.4, -0.2) is 42.4 Å². The zero-order chi connectivity index (χ0) is 19.9. The molecule has 1 atom stereocenters. The molecule has 2 N–H and O–H groups in total.